The van der Waals surface area contributed by atoms with Crippen LogP contribution in [0.15, 0.2) is 122 Å². The number of ether oxygens (including phenoxy) is 6. The molecule has 0 spiro atoms. The molecule has 0 saturated carbocycles. The molecule has 3 fully saturated rings. The Morgan fingerprint density at radius 2 is 0.795 bits per heavy atom. The Balaban J connectivity index is 1.38. The number of nitrogens with one attached hydrogen (secondary N) is 1. The molecule has 1 amide bonds. The van der Waals surface area contributed by atoms with Crippen LogP contribution >= 0.6 is 0 Å². The van der Waals surface area contributed by atoms with Crippen molar-refractivity contribution in [1.29, 1.82) is 0 Å². The van der Waals surface area contributed by atoms with Gasteiger partial charge in [0, 0.05) is 6.42 Å². The summed E-state index contributed by atoms with van der Waals surface area (Å²) in [5.74, 6) is -0.303. The van der Waals surface area contributed by atoms with Gasteiger partial charge in [-0.15, -0.1) is 0 Å². The number of carbonyl (C=O) groups is 1. The van der Waals surface area contributed by atoms with E-state index in [-0.39, 0.29) is 18.9 Å². The van der Waals surface area contributed by atoms with E-state index in [2.05, 4.69) is 129 Å². The van der Waals surface area contributed by atoms with Crippen molar-refractivity contribution in [3.63, 3.8) is 0 Å². The van der Waals surface area contributed by atoms with Crippen LogP contribution in [0.5, 0.6) is 0 Å². The summed E-state index contributed by atoms with van der Waals surface area (Å²) in [5.41, 5.74) is 0. The number of aliphatic hydroxyl groups is 11. The predicted octanol–water partition coefficient (Wildman–Crippen LogP) is 7.65. The van der Waals surface area contributed by atoms with Crippen molar-refractivity contribution in [3.05, 3.63) is 122 Å². The van der Waals surface area contributed by atoms with E-state index in [1.165, 1.54) is 25.7 Å². The van der Waals surface area contributed by atoms with Crippen LogP contribution in [-0.4, -0.2) is 193 Å². The van der Waals surface area contributed by atoms with Crippen LogP contribution in [0.2, 0.25) is 0 Å². The lowest BCUT2D eigenvalue weighted by atomic mass is 9.96. The minimum absolute atomic E-state index is 0.217. The van der Waals surface area contributed by atoms with Crippen molar-refractivity contribution in [1.82, 2.24) is 5.32 Å². The zero-order valence-corrected chi connectivity index (χ0v) is 52.6. The highest BCUT2D eigenvalue weighted by Crippen LogP contribution is 2.33. The SMILES string of the molecule is CC/C=C\C/C=C\C/C=C\C/C=C\C/C=C\C/C=C\C/C=C\C/C=C\CCCCCCCCCCC(=O)NC(COC1OC(CO)C(OC2OC(CO)C(OC3OC(CO)C(O)C(O)C3O)C(O)C2O)C(O)C1O)C(O)/C=C/CC/C=C/CCCCCC. The Hall–Kier alpha value is -3.81. The summed E-state index contributed by atoms with van der Waals surface area (Å²) in [4.78, 5) is 13.3. The van der Waals surface area contributed by atoms with Gasteiger partial charge in [0.1, 0.15) is 73.2 Å². The summed E-state index contributed by atoms with van der Waals surface area (Å²) in [7, 11) is 0. The highest BCUT2D eigenvalue weighted by molar-refractivity contribution is 5.76. The smallest absolute Gasteiger partial charge is 0.220 e. The monoisotopic (exact) mass is 1240 g/mol. The summed E-state index contributed by atoms with van der Waals surface area (Å²) < 4.78 is 34.2. The number of carbonyl (C=O) groups excluding carboxylic acids is 1. The maximum absolute atomic E-state index is 13.3. The van der Waals surface area contributed by atoms with Gasteiger partial charge in [-0.25, -0.2) is 0 Å². The molecule has 3 heterocycles. The van der Waals surface area contributed by atoms with Crippen LogP contribution in [0.1, 0.15) is 174 Å². The van der Waals surface area contributed by atoms with E-state index in [0.29, 0.717) is 12.8 Å². The summed E-state index contributed by atoms with van der Waals surface area (Å²) in [5, 5.41) is 120. The van der Waals surface area contributed by atoms with Gasteiger partial charge < -0.3 is 89.9 Å². The third-order valence-electron chi connectivity index (χ3n) is 15.5. The fourth-order valence-electron chi connectivity index (χ4n) is 10.2. The van der Waals surface area contributed by atoms with Gasteiger partial charge in [0.25, 0.3) is 0 Å². The normalized spacial score (nSPS) is 29.2. The highest BCUT2D eigenvalue weighted by Gasteiger charge is 2.53. The number of amides is 1. The first kappa shape index (κ1) is 78.4. The molecule has 17 unspecified atom stereocenters. The topological polar surface area (TPSA) is 307 Å². The van der Waals surface area contributed by atoms with Crippen molar-refractivity contribution in [2.24, 2.45) is 0 Å². The number of aliphatic hydroxyl groups excluding tert-OH is 11. The quantitative estimate of drug-likeness (QED) is 0.0206. The van der Waals surface area contributed by atoms with Gasteiger partial charge in [0.05, 0.1) is 38.6 Å². The first-order chi connectivity index (χ1) is 42.8. The number of unbranched alkanes of at least 4 members (excludes halogenated alkanes) is 13. The molecular formula is C69H113NO18. The van der Waals surface area contributed by atoms with E-state index in [1.54, 1.807) is 6.08 Å². The molecule has 3 saturated heterocycles. The second kappa shape index (κ2) is 49.8. The van der Waals surface area contributed by atoms with Crippen LogP contribution < -0.4 is 5.32 Å². The second-order valence-electron chi connectivity index (χ2n) is 22.8. The molecule has 502 valence electrons. The summed E-state index contributed by atoms with van der Waals surface area (Å²) >= 11 is 0. The number of rotatable bonds is 47. The van der Waals surface area contributed by atoms with Crippen molar-refractivity contribution in [2.45, 2.75) is 279 Å². The summed E-state index contributed by atoms with van der Waals surface area (Å²) in [6, 6.07) is -1.00. The standard InChI is InChI=1S/C69H113NO18/c1-3-5-7-9-11-13-15-16-17-18-19-20-21-22-23-24-25-26-27-28-29-30-31-32-33-34-35-36-37-39-41-43-45-47-57(75)70-52(53(74)46-44-42-40-38-14-12-10-8-6-4-2)51-83-67-63(81)60(78)65(55(49-72)85-67)88-69-64(82)61(79)66(56(50-73)86-69)87-68-62(80)59(77)58(76)54(48-71)84-68/h5,7,11,13-14,16-17,19-20,22-23,25-26,28-29,31-32,38,44,46,52-56,58-69,71-74,76-82H,3-4,6,8-10,12,15,18,21,24,27,30,33-37,39-43,45,47-51H2,1-2H3,(H,70,75)/b7-5-,13-11-,17-16-,20-19-,23-22-,26-25-,29-28-,32-31-,38-14+,46-44+. The lowest BCUT2D eigenvalue weighted by Gasteiger charge is -2.48. The van der Waals surface area contributed by atoms with Crippen LogP contribution in [0.25, 0.3) is 0 Å². The molecule has 3 aliphatic heterocycles. The fourth-order valence-corrected chi connectivity index (χ4v) is 10.2. The van der Waals surface area contributed by atoms with Gasteiger partial charge in [-0.3, -0.25) is 4.79 Å². The van der Waals surface area contributed by atoms with Crippen LogP contribution in [0, 0.1) is 0 Å². The summed E-state index contributed by atoms with van der Waals surface area (Å²) in [6.07, 6.45) is 40.6. The zero-order valence-electron chi connectivity index (χ0n) is 52.6. The lowest BCUT2D eigenvalue weighted by molar-refractivity contribution is -0.379. The second-order valence-corrected chi connectivity index (χ2v) is 22.8. The van der Waals surface area contributed by atoms with Crippen molar-refractivity contribution in [2.75, 3.05) is 26.4 Å². The summed E-state index contributed by atoms with van der Waals surface area (Å²) in [6.45, 7) is 1.51. The molecular weight excluding hydrogens is 1130 g/mol. The number of hydrogen-bond acceptors (Lipinski definition) is 18. The van der Waals surface area contributed by atoms with E-state index >= 15 is 0 Å². The van der Waals surface area contributed by atoms with Crippen LogP contribution in [0.4, 0.5) is 0 Å². The third kappa shape index (κ3) is 32.0. The Kier molecular flexibility index (Phi) is 44.4. The number of hydrogen-bond donors (Lipinski definition) is 12. The minimum Gasteiger partial charge on any atom is -0.394 e. The molecule has 0 radical (unpaired) electrons. The predicted molar refractivity (Wildman–Crippen MR) is 341 cm³/mol. The molecule has 19 nitrogen and oxygen atoms in total. The maximum atomic E-state index is 13.3. The number of allylic oxidation sites excluding steroid dienone is 19. The van der Waals surface area contributed by atoms with E-state index in [4.69, 9.17) is 28.4 Å². The van der Waals surface area contributed by atoms with Crippen molar-refractivity contribution in [3.8, 4) is 0 Å². The Morgan fingerprint density at radius 1 is 0.420 bits per heavy atom. The van der Waals surface area contributed by atoms with Gasteiger partial charge in [-0.05, 0) is 96.3 Å². The van der Waals surface area contributed by atoms with Gasteiger partial charge in [-0.2, -0.15) is 0 Å². The first-order valence-electron chi connectivity index (χ1n) is 32.8. The molecule has 0 aromatic rings. The van der Waals surface area contributed by atoms with Crippen molar-refractivity contribution >= 4 is 5.91 Å². The van der Waals surface area contributed by atoms with E-state index in [9.17, 15) is 61.0 Å². The minimum atomic E-state index is -1.99. The molecule has 17 atom stereocenters. The molecule has 0 bridgehead atoms. The third-order valence-corrected chi connectivity index (χ3v) is 15.5. The Labute approximate surface area is 525 Å². The first-order valence-corrected chi connectivity index (χ1v) is 32.8. The van der Waals surface area contributed by atoms with Gasteiger partial charge in [0.15, 0.2) is 18.9 Å². The molecule has 12 N–H and O–H groups in total. The van der Waals surface area contributed by atoms with Gasteiger partial charge in [0.2, 0.25) is 5.91 Å². The van der Waals surface area contributed by atoms with Crippen LogP contribution in [0.3, 0.4) is 0 Å². The average Bonchev–Trinajstić information content (AvgIpc) is 1.83. The van der Waals surface area contributed by atoms with Crippen LogP contribution in [-0.2, 0) is 33.2 Å². The van der Waals surface area contributed by atoms with Gasteiger partial charge >= 0.3 is 0 Å². The lowest BCUT2D eigenvalue weighted by Crippen LogP contribution is -2.66. The Morgan fingerprint density at radius 3 is 1.27 bits per heavy atom. The average molecular weight is 1240 g/mol. The molecule has 0 aromatic carbocycles. The van der Waals surface area contributed by atoms with E-state index in [1.807, 2.05) is 6.08 Å². The fraction of sp³-hybridized carbons (Fsp3) is 0.696. The van der Waals surface area contributed by atoms with Crippen molar-refractivity contribution < 1.29 is 89.4 Å². The molecule has 88 heavy (non-hydrogen) atoms. The molecule has 19 heteroatoms. The molecule has 3 rings (SSSR count). The molecule has 0 aliphatic carbocycles. The maximum Gasteiger partial charge on any atom is 0.220 e. The largest absolute Gasteiger partial charge is 0.394 e. The zero-order chi connectivity index (χ0) is 64.0. The van der Waals surface area contributed by atoms with Gasteiger partial charge in [-0.1, -0.05) is 193 Å². The van der Waals surface area contributed by atoms with E-state index < -0.39 is 124 Å². The Bertz CT molecular complexity index is 2070. The highest BCUT2D eigenvalue weighted by atomic mass is 16.8. The molecule has 3 aliphatic rings. The molecule has 0 aromatic heterocycles. The van der Waals surface area contributed by atoms with E-state index in [0.717, 1.165) is 116 Å².